The Morgan fingerprint density at radius 3 is 3.20 bits per heavy atom. The molecule has 1 aromatic heterocycles. The quantitative estimate of drug-likeness (QED) is 0.773. The predicted octanol–water partition coefficient (Wildman–Crippen LogP) is 2.20. The molecule has 1 N–H and O–H groups in total. The first-order chi connectivity index (χ1) is 7.34. The molecule has 3 nitrogen and oxygen atoms in total. The first kappa shape index (κ1) is 10.4. The summed E-state index contributed by atoms with van der Waals surface area (Å²) < 4.78 is 18.2. The fraction of sp³-hybridized carbons (Fsp3) is 0.545. The zero-order valence-electron chi connectivity index (χ0n) is 8.58. The Bertz CT molecular complexity index is 313. The SMILES string of the molecule is Fc1cccc(NCCC2CCCO2)n1. The summed E-state index contributed by atoms with van der Waals surface area (Å²) in [5.41, 5.74) is 0. The van der Waals surface area contributed by atoms with Gasteiger partial charge in [0, 0.05) is 13.2 Å². The molecule has 15 heavy (non-hydrogen) atoms. The van der Waals surface area contributed by atoms with Gasteiger partial charge in [-0.3, -0.25) is 0 Å². The van der Waals surface area contributed by atoms with E-state index in [-0.39, 0.29) is 0 Å². The smallest absolute Gasteiger partial charge is 0.214 e. The van der Waals surface area contributed by atoms with Gasteiger partial charge in [0.25, 0.3) is 0 Å². The topological polar surface area (TPSA) is 34.1 Å². The van der Waals surface area contributed by atoms with Gasteiger partial charge in [-0.1, -0.05) is 6.07 Å². The van der Waals surface area contributed by atoms with Crippen molar-refractivity contribution in [3.63, 3.8) is 0 Å². The van der Waals surface area contributed by atoms with Crippen LogP contribution in [-0.4, -0.2) is 24.2 Å². The fourth-order valence-corrected chi connectivity index (χ4v) is 1.74. The molecule has 0 amide bonds. The van der Waals surface area contributed by atoms with E-state index in [0.717, 1.165) is 32.4 Å². The highest BCUT2D eigenvalue weighted by atomic mass is 19.1. The number of aromatic nitrogens is 1. The minimum Gasteiger partial charge on any atom is -0.378 e. The van der Waals surface area contributed by atoms with Crippen molar-refractivity contribution < 1.29 is 9.13 Å². The maximum absolute atomic E-state index is 12.7. The molecule has 2 rings (SSSR count). The average Bonchev–Trinajstić information content (AvgIpc) is 2.71. The molecular formula is C11H15FN2O. The summed E-state index contributed by atoms with van der Waals surface area (Å²) in [6.45, 7) is 1.66. The maximum Gasteiger partial charge on any atom is 0.214 e. The van der Waals surface area contributed by atoms with Gasteiger partial charge in [0.2, 0.25) is 5.95 Å². The normalized spacial score (nSPS) is 20.5. The van der Waals surface area contributed by atoms with Crippen molar-refractivity contribution >= 4 is 5.82 Å². The van der Waals surface area contributed by atoms with E-state index in [1.165, 1.54) is 6.07 Å². The van der Waals surface area contributed by atoms with Crippen molar-refractivity contribution in [1.82, 2.24) is 4.98 Å². The molecule has 1 aliphatic heterocycles. The summed E-state index contributed by atoms with van der Waals surface area (Å²) in [6.07, 6.45) is 3.62. The highest BCUT2D eigenvalue weighted by Crippen LogP contribution is 2.15. The number of hydrogen-bond acceptors (Lipinski definition) is 3. The predicted molar refractivity (Wildman–Crippen MR) is 56.3 cm³/mol. The molecule has 1 aromatic rings. The van der Waals surface area contributed by atoms with Gasteiger partial charge in [-0.2, -0.15) is 4.39 Å². The molecule has 82 valence electrons. The van der Waals surface area contributed by atoms with Gasteiger partial charge in [-0.25, -0.2) is 4.98 Å². The van der Waals surface area contributed by atoms with Gasteiger partial charge in [-0.05, 0) is 31.4 Å². The molecule has 4 heteroatoms. The highest BCUT2D eigenvalue weighted by molar-refractivity contribution is 5.33. The van der Waals surface area contributed by atoms with Crippen LogP contribution in [0.4, 0.5) is 10.2 Å². The standard InChI is InChI=1S/C11H15FN2O/c12-10-4-1-5-11(14-10)13-7-6-9-3-2-8-15-9/h1,4-5,9H,2-3,6-8H2,(H,13,14). The second-order valence-corrected chi connectivity index (χ2v) is 3.70. The van der Waals surface area contributed by atoms with Crippen LogP contribution in [0, 0.1) is 5.95 Å². The molecule has 1 unspecified atom stereocenters. The molecule has 0 radical (unpaired) electrons. The monoisotopic (exact) mass is 210 g/mol. The van der Waals surface area contributed by atoms with E-state index in [2.05, 4.69) is 10.3 Å². The maximum atomic E-state index is 12.7. The Morgan fingerprint density at radius 2 is 2.47 bits per heavy atom. The van der Waals surface area contributed by atoms with E-state index < -0.39 is 5.95 Å². The van der Waals surface area contributed by atoms with Crippen LogP contribution in [0.1, 0.15) is 19.3 Å². The van der Waals surface area contributed by atoms with E-state index in [1.54, 1.807) is 12.1 Å². The number of hydrogen-bond donors (Lipinski definition) is 1. The molecule has 2 heterocycles. The second kappa shape index (κ2) is 5.07. The Hall–Kier alpha value is -1.16. The summed E-state index contributed by atoms with van der Waals surface area (Å²) in [6, 6.07) is 4.75. The first-order valence-electron chi connectivity index (χ1n) is 5.32. The van der Waals surface area contributed by atoms with Gasteiger partial charge < -0.3 is 10.1 Å². The average molecular weight is 210 g/mol. The highest BCUT2D eigenvalue weighted by Gasteiger charge is 2.14. The van der Waals surface area contributed by atoms with Gasteiger partial charge >= 0.3 is 0 Å². The Kier molecular flexibility index (Phi) is 3.50. The third-order valence-electron chi connectivity index (χ3n) is 2.51. The third-order valence-corrected chi connectivity index (χ3v) is 2.51. The molecular weight excluding hydrogens is 195 g/mol. The lowest BCUT2D eigenvalue weighted by Gasteiger charge is -2.10. The summed E-state index contributed by atoms with van der Waals surface area (Å²) in [5, 5.41) is 3.08. The van der Waals surface area contributed by atoms with Crippen molar-refractivity contribution in [3.05, 3.63) is 24.1 Å². The Labute approximate surface area is 88.7 Å². The summed E-state index contributed by atoms with van der Waals surface area (Å²) in [4.78, 5) is 3.72. The second-order valence-electron chi connectivity index (χ2n) is 3.70. The van der Waals surface area contributed by atoms with Gasteiger partial charge in [0.1, 0.15) is 5.82 Å². The van der Waals surface area contributed by atoms with Gasteiger partial charge in [0.05, 0.1) is 6.10 Å². The van der Waals surface area contributed by atoms with Crippen LogP contribution >= 0.6 is 0 Å². The van der Waals surface area contributed by atoms with Crippen LogP contribution in [0.3, 0.4) is 0 Å². The molecule has 0 bridgehead atoms. The number of nitrogens with one attached hydrogen (secondary N) is 1. The minimum absolute atomic E-state index is 0.367. The number of pyridine rings is 1. The number of nitrogens with zero attached hydrogens (tertiary/aromatic N) is 1. The number of halogens is 1. The largest absolute Gasteiger partial charge is 0.378 e. The van der Waals surface area contributed by atoms with E-state index in [9.17, 15) is 4.39 Å². The number of rotatable bonds is 4. The molecule has 0 spiro atoms. The first-order valence-corrected chi connectivity index (χ1v) is 5.32. The molecule has 1 atom stereocenters. The Morgan fingerprint density at radius 1 is 1.53 bits per heavy atom. The van der Waals surface area contributed by atoms with Crippen LogP contribution in [0.2, 0.25) is 0 Å². The lowest BCUT2D eigenvalue weighted by molar-refractivity contribution is 0.107. The van der Waals surface area contributed by atoms with Crippen molar-refractivity contribution in [2.45, 2.75) is 25.4 Å². The van der Waals surface area contributed by atoms with Crippen LogP contribution in [0.5, 0.6) is 0 Å². The van der Waals surface area contributed by atoms with E-state index >= 15 is 0 Å². The van der Waals surface area contributed by atoms with Crippen molar-refractivity contribution in [1.29, 1.82) is 0 Å². The van der Waals surface area contributed by atoms with Crippen LogP contribution in [0.25, 0.3) is 0 Å². The van der Waals surface area contributed by atoms with Gasteiger partial charge in [-0.15, -0.1) is 0 Å². The van der Waals surface area contributed by atoms with Crippen molar-refractivity contribution in [2.24, 2.45) is 0 Å². The molecule has 1 fully saturated rings. The lowest BCUT2D eigenvalue weighted by Crippen LogP contribution is -2.13. The molecule has 1 saturated heterocycles. The minimum atomic E-state index is -0.447. The molecule has 1 aliphatic rings. The van der Waals surface area contributed by atoms with Crippen LogP contribution < -0.4 is 5.32 Å². The lowest BCUT2D eigenvalue weighted by atomic mass is 10.2. The van der Waals surface area contributed by atoms with E-state index in [4.69, 9.17) is 4.74 Å². The number of anilines is 1. The van der Waals surface area contributed by atoms with Crippen molar-refractivity contribution in [2.75, 3.05) is 18.5 Å². The summed E-state index contributed by atoms with van der Waals surface area (Å²) in [7, 11) is 0. The van der Waals surface area contributed by atoms with Gasteiger partial charge in [0.15, 0.2) is 0 Å². The summed E-state index contributed by atoms with van der Waals surface area (Å²) in [5.74, 6) is 0.144. The molecule has 0 saturated carbocycles. The zero-order chi connectivity index (χ0) is 10.5. The van der Waals surface area contributed by atoms with E-state index in [0.29, 0.717) is 11.9 Å². The number of ether oxygens (including phenoxy) is 1. The Balaban J connectivity index is 1.73. The molecule has 0 aliphatic carbocycles. The van der Waals surface area contributed by atoms with Crippen molar-refractivity contribution in [3.8, 4) is 0 Å². The third kappa shape index (κ3) is 3.16. The fourth-order valence-electron chi connectivity index (χ4n) is 1.74. The molecule has 0 aromatic carbocycles. The van der Waals surface area contributed by atoms with E-state index in [1.807, 2.05) is 0 Å². The zero-order valence-corrected chi connectivity index (χ0v) is 8.58. The van der Waals surface area contributed by atoms with Crippen LogP contribution in [0.15, 0.2) is 18.2 Å². The summed E-state index contributed by atoms with van der Waals surface area (Å²) >= 11 is 0. The van der Waals surface area contributed by atoms with Crippen LogP contribution in [-0.2, 0) is 4.74 Å².